The zero-order valence-electron chi connectivity index (χ0n) is 7.41. The molecular formula is C10H10ClFO2. The van der Waals surface area contributed by atoms with Crippen LogP contribution in [0.2, 0.25) is 5.02 Å². The van der Waals surface area contributed by atoms with Crippen LogP contribution in [-0.2, 0) is 0 Å². The fourth-order valence-corrected chi connectivity index (χ4v) is 1.60. The van der Waals surface area contributed by atoms with E-state index in [2.05, 4.69) is 0 Å². The molecule has 1 fully saturated rings. The lowest BCUT2D eigenvalue weighted by Gasteiger charge is -2.31. The molecule has 0 atom stereocenters. The lowest BCUT2D eigenvalue weighted by atomic mass is 9.92. The normalized spacial score (nSPS) is 25.6. The minimum absolute atomic E-state index is 0.00737. The molecule has 0 aliphatic heterocycles. The molecule has 76 valence electrons. The van der Waals surface area contributed by atoms with Crippen molar-refractivity contribution in [1.29, 1.82) is 0 Å². The van der Waals surface area contributed by atoms with E-state index in [9.17, 15) is 4.39 Å². The van der Waals surface area contributed by atoms with Crippen LogP contribution in [0.4, 0.5) is 4.39 Å². The highest BCUT2D eigenvalue weighted by Gasteiger charge is 2.29. The molecule has 0 amide bonds. The summed E-state index contributed by atoms with van der Waals surface area (Å²) in [5.41, 5.74) is 0. The molecule has 0 radical (unpaired) electrons. The van der Waals surface area contributed by atoms with Gasteiger partial charge in [-0.3, -0.25) is 0 Å². The molecule has 1 aromatic rings. The topological polar surface area (TPSA) is 29.5 Å². The molecule has 1 aliphatic rings. The molecule has 1 aliphatic carbocycles. The second kappa shape index (κ2) is 3.75. The molecule has 0 spiro atoms. The van der Waals surface area contributed by atoms with Crippen LogP contribution in [0.1, 0.15) is 12.8 Å². The van der Waals surface area contributed by atoms with Crippen molar-refractivity contribution in [2.24, 2.45) is 0 Å². The van der Waals surface area contributed by atoms with E-state index in [1.54, 1.807) is 0 Å². The van der Waals surface area contributed by atoms with Crippen LogP contribution in [-0.4, -0.2) is 17.3 Å². The predicted molar refractivity (Wildman–Crippen MR) is 51.1 cm³/mol. The first-order valence-corrected chi connectivity index (χ1v) is 4.82. The van der Waals surface area contributed by atoms with E-state index in [1.165, 1.54) is 18.2 Å². The Morgan fingerprint density at radius 3 is 2.71 bits per heavy atom. The van der Waals surface area contributed by atoms with Gasteiger partial charge in [-0.2, -0.15) is 0 Å². The van der Waals surface area contributed by atoms with E-state index in [1.807, 2.05) is 0 Å². The van der Waals surface area contributed by atoms with E-state index in [-0.39, 0.29) is 23.0 Å². The third-order valence-electron chi connectivity index (χ3n) is 2.26. The number of hydrogen-bond donors (Lipinski definition) is 1. The number of benzene rings is 1. The van der Waals surface area contributed by atoms with Gasteiger partial charge in [-0.05, 0) is 18.2 Å². The van der Waals surface area contributed by atoms with E-state index in [4.69, 9.17) is 21.4 Å². The standard InChI is InChI=1S/C10H10ClFO2/c11-9-3-6(12)1-2-10(9)14-8-4-7(13)5-8/h1-3,7-8,13H,4-5H2. The van der Waals surface area contributed by atoms with Gasteiger partial charge in [-0.1, -0.05) is 11.6 Å². The minimum atomic E-state index is -0.379. The maximum atomic E-state index is 12.7. The molecule has 1 aromatic carbocycles. The maximum absolute atomic E-state index is 12.7. The third kappa shape index (κ3) is 1.99. The van der Waals surface area contributed by atoms with Gasteiger partial charge in [0.05, 0.1) is 11.1 Å². The lowest BCUT2D eigenvalue weighted by molar-refractivity contribution is -0.0107. The Morgan fingerprint density at radius 2 is 2.14 bits per heavy atom. The first-order chi connectivity index (χ1) is 6.65. The molecule has 2 rings (SSSR count). The van der Waals surface area contributed by atoms with Crippen molar-refractivity contribution in [3.05, 3.63) is 29.0 Å². The monoisotopic (exact) mass is 216 g/mol. The van der Waals surface area contributed by atoms with Gasteiger partial charge < -0.3 is 9.84 Å². The first-order valence-electron chi connectivity index (χ1n) is 4.45. The van der Waals surface area contributed by atoms with Gasteiger partial charge in [0.1, 0.15) is 17.7 Å². The van der Waals surface area contributed by atoms with Crippen molar-refractivity contribution in [2.75, 3.05) is 0 Å². The molecule has 2 nitrogen and oxygen atoms in total. The van der Waals surface area contributed by atoms with Crippen molar-refractivity contribution in [2.45, 2.75) is 25.0 Å². The molecule has 0 saturated heterocycles. The Labute approximate surface area is 86.3 Å². The minimum Gasteiger partial charge on any atom is -0.489 e. The van der Waals surface area contributed by atoms with Crippen LogP contribution in [0.5, 0.6) is 5.75 Å². The number of halogens is 2. The highest BCUT2D eigenvalue weighted by atomic mass is 35.5. The highest BCUT2D eigenvalue weighted by molar-refractivity contribution is 6.32. The second-order valence-electron chi connectivity index (χ2n) is 3.44. The second-order valence-corrected chi connectivity index (χ2v) is 3.85. The molecule has 0 heterocycles. The fourth-order valence-electron chi connectivity index (χ4n) is 1.38. The Hall–Kier alpha value is -0.800. The SMILES string of the molecule is OC1CC(Oc2ccc(F)cc2Cl)C1. The van der Waals surface area contributed by atoms with E-state index in [0.29, 0.717) is 18.6 Å². The third-order valence-corrected chi connectivity index (χ3v) is 2.55. The molecule has 14 heavy (non-hydrogen) atoms. The summed E-state index contributed by atoms with van der Waals surface area (Å²) in [7, 11) is 0. The summed E-state index contributed by atoms with van der Waals surface area (Å²) < 4.78 is 18.1. The van der Waals surface area contributed by atoms with Crippen molar-refractivity contribution >= 4 is 11.6 Å². The van der Waals surface area contributed by atoms with Gasteiger partial charge in [-0.25, -0.2) is 4.39 Å². The van der Waals surface area contributed by atoms with Crippen LogP contribution in [0.15, 0.2) is 18.2 Å². The van der Waals surface area contributed by atoms with Gasteiger partial charge in [0, 0.05) is 12.8 Å². The van der Waals surface area contributed by atoms with Crippen LogP contribution in [0, 0.1) is 5.82 Å². The molecular weight excluding hydrogens is 207 g/mol. The van der Waals surface area contributed by atoms with E-state index >= 15 is 0 Å². The largest absolute Gasteiger partial charge is 0.489 e. The number of rotatable bonds is 2. The molecule has 0 aromatic heterocycles. The van der Waals surface area contributed by atoms with E-state index < -0.39 is 0 Å². The average Bonchev–Trinajstić information content (AvgIpc) is 2.06. The number of aliphatic hydroxyl groups is 1. The Morgan fingerprint density at radius 1 is 1.43 bits per heavy atom. The number of hydrogen-bond acceptors (Lipinski definition) is 2. The molecule has 1 N–H and O–H groups in total. The van der Waals surface area contributed by atoms with Gasteiger partial charge >= 0.3 is 0 Å². The van der Waals surface area contributed by atoms with Crippen molar-refractivity contribution < 1.29 is 14.2 Å². The summed E-state index contributed by atoms with van der Waals surface area (Å²) in [5, 5.41) is 9.31. The Bertz CT molecular complexity index is 337. The summed E-state index contributed by atoms with van der Waals surface area (Å²) in [4.78, 5) is 0. The first kappa shape index (κ1) is 9.74. The van der Waals surface area contributed by atoms with Crippen LogP contribution < -0.4 is 4.74 Å². The number of aliphatic hydroxyl groups excluding tert-OH is 1. The quantitative estimate of drug-likeness (QED) is 0.823. The zero-order chi connectivity index (χ0) is 10.1. The van der Waals surface area contributed by atoms with E-state index in [0.717, 1.165) is 0 Å². The molecule has 4 heteroatoms. The molecule has 0 bridgehead atoms. The van der Waals surface area contributed by atoms with Crippen LogP contribution in [0.3, 0.4) is 0 Å². The Kier molecular flexibility index (Phi) is 2.61. The highest BCUT2D eigenvalue weighted by Crippen LogP contribution is 2.30. The average molecular weight is 217 g/mol. The molecule has 1 saturated carbocycles. The van der Waals surface area contributed by atoms with Crippen LogP contribution in [0.25, 0.3) is 0 Å². The fraction of sp³-hybridized carbons (Fsp3) is 0.400. The van der Waals surface area contributed by atoms with Crippen LogP contribution >= 0.6 is 11.6 Å². The summed E-state index contributed by atoms with van der Waals surface area (Å²) in [6, 6.07) is 4.02. The smallest absolute Gasteiger partial charge is 0.138 e. The zero-order valence-corrected chi connectivity index (χ0v) is 8.17. The predicted octanol–water partition coefficient (Wildman–Crippen LogP) is 2.38. The summed E-state index contributed by atoms with van der Waals surface area (Å²) >= 11 is 5.76. The van der Waals surface area contributed by atoms with Gasteiger partial charge in [0.2, 0.25) is 0 Å². The summed E-state index contributed by atoms with van der Waals surface area (Å²) in [5.74, 6) is 0.0981. The van der Waals surface area contributed by atoms with Gasteiger partial charge in [0.15, 0.2) is 0 Å². The number of ether oxygens (including phenoxy) is 1. The molecule has 0 unspecified atom stereocenters. The van der Waals surface area contributed by atoms with Gasteiger partial charge in [0.25, 0.3) is 0 Å². The summed E-state index contributed by atoms with van der Waals surface area (Å²) in [6.07, 6.45) is 0.980. The van der Waals surface area contributed by atoms with Crippen molar-refractivity contribution in [1.82, 2.24) is 0 Å². The summed E-state index contributed by atoms with van der Waals surface area (Å²) in [6.45, 7) is 0. The van der Waals surface area contributed by atoms with Gasteiger partial charge in [-0.15, -0.1) is 0 Å². The maximum Gasteiger partial charge on any atom is 0.138 e. The Balaban J connectivity index is 2.02. The lowest BCUT2D eigenvalue weighted by Crippen LogP contribution is -2.37. The van der Waals surface area contributed by atoms with Crippen molar-refractivity contribution in [3.8, 4) is 5.75 Å². The van der Waals surface area contributed by atoms with Crippen molar-refractivity contribution in [3.63, 3.8) is 0 Å².